The first-order valence-electron chi connectivity index (χ1n) is 7.11. The molecular formula is C15H17Cl2N3O2. The van der Waals surface area contributed by atoms with E-state index in [1.807, 2.05) is 0 Å². The van der Waals surface area contributed by atoms with Crippen LogP contribution in [0.5, 0.6) is 0 Å². The molecule has 0 bridgehead atoms. The lowest BCUT2D eigenvalue weighted by Crippen LogP contribution is -2.39. The molecule has 22 heavy (non-hydrogen) atoms. The van der Waals surface area contributed by atoms with Crippen LogP contribution in [0, 0.1) is 0 Å². The molecule has 7 heteroatoms. The van der Waals surface area contributed by atoms with Gasteiger partial charge < -0.3 is 4.90 Å². The fourth-order valence-electron chi connectivity index (χ4n) is 2.19. The van der Waals surface area contributed by atoms with E-state index in [1.54, 1.807) is 23.1 Å². The molecule has 0 atom stereocenters. The summed E-state index contributed by atoms with van der Waals surface area (Å²) < 4.78 is 0. The fraction of sp³-hybridized carbons (Fsp3) is 0.400. The molecule has 0 aromatic heterocycles. The van der Waals surface area contributed by atoms with Crippen molar-refractivity contribution in [3.8, 4) is 0 Å². The molecule has 0 radical (unpaired) electrons. The first kappa shape index (κ1) is 16.8. The lowest BCUT2D eigenvalue weighted by atomic mass is 10.2. The van der Waals surface area contributed by atoms with Gasteiger partial charge in [-0.15, -0.1) is 0 Å². The summed E-state index contributed by atoms with van der Waals surface area (Å²) in [5, 5.41) is 4.75. The molecule has 1 fully saturated rings. The van der Waals surface area contributed by atoms with Crippen LogP contribution in [0.25, 0.3) is 0 Å². The molecular weight excluding hydrogens is 325 g/mol. The summed E-state index contributed by atoms with van der Waals surface area (Å²) in [5.41, 5.74) is 3.14. The maximum absolute atomic E-state index is 11.8. The van der Waals surface area contributed by atoms with E-state index in [0.717, 1.165) is 24.8 Å². The summed E-state index contributed by atoms with van der Waals surface area (Å²) in [7, 11) is 0. The SMILES string of the molecule is O=C(CN1CCCCCC1=O)N/N=C\c1ccc(Cl)c(Cl)c1. The highest BCUT2D eigenvalue weighted by Gasteiger charge is 2.18. The zero-order valence-electron chi connectivity index (χ0n) is 12.0. The van der Waals surface area contributed by atoms with Gasteiger partial charge in [-0.1, -0.05) is 35.7 Å². The highest BCUT2D eigenvalue weighted by molar-refractivity contribution is 6.42. The van der Waals surface area contributed by atoms with E-state index in [4.69, 9.17) is 23.2 Å². The van der Waals surface area contributed by atoms with E-state index >= 15 is 0 Å². The Morgan fingerprint density at radius 2 is 2.09 bits per heavy atom. The number of halogens is 2. The van der Waals surface area contributed by atoms with Gasteiger partial charge in [0.05, 0.1) is 16.3 Å². The van der Waals surface area contributed by atoms with Gasteiger partial charge in [-0.3, -0.25) is 9.59 Å². The fourth-order valence-corrected chi connectivity index (χ4v) is 2.49. The number of rotatable bonds is 4. The largest absolute Gasteiger partial charge is 0.333 e. The quantitative estimate of drug-likeness (QED) is 0.676. The number of benzene rings is 1. The van der Waals surface area contributed by atoms with Gasteiger partial charge in [0.25, 0.3) is 5.91 Å². The Labute approximate surface area is 139 Å². The van der Waals surface area contributed by atoms with Crippen LogP contribution in [0.1, 0.15) is 31.2 Å². The number of nitrogens with one attached hydrogen (secondary N) is 1. The number of carbonyl (C=O) groups is 2. The number of carbonyl (C=O) groups excluding carboxylic acids is 2. The van der Waals surface area contributed by atoms with E-state index < -0.39 is 0 Å². The first-order valence-corrected chi connectivity index (χ1v) is 7.86. The van der Waals surface area contributed by atoms with E-state index in [-0.39, 0.29) is 18.4 Å². The monoisotopic (exact) mass is 341 g/mol. The first-order chi connectivity index (χ1) is 10.6. The molecule has 0 saturated carbocycles. The summed E-state index contributed by atoms with van der Waals surface area (Å²) in [6, 6.07) is 5.04. The molecule has 5 nitrogen and oxygen atoms in total. The number of hydrogen-bond donors (Lipinski definition) is 1. The van der Waals surface area contributed by atoms with Crippen molar-refractivity contribution in [1.82, 2.24) is 10.3 Å². The summed E-state index contributed by atoms with van der Waals surface area (Å²) in [5.74, 6) is -0.285. The lowest BCUT2D eigenvalue weighted by molar-refractivity contribution is -0.135. The van der Waals surface area contributed by atoms with Gasteiger partial charge in [-0.05, 0) is 30.5 Å². The zero-order chi connectivity index (χ0) is 15.9. The number of amides is 2. The Morgan fingerprint density at radius 1 is 1.27 bits per heavy atom. The highest BCUT2D eigenvalue weighted by Crippen LogP contribution is 2.21. The normalized spacial score (nSPS) is 15.9. The van der Waals surface area contributed by atoms with Crippen LogP contribution in [-0.4, -0.2) is 36.0 Å². The zero-order valence-corrected chi connectivity index (χ0v) is 13.5. The van der Waals surface area contributed by atoms with Gasteiger partial charge in [-0.25, -0.2) is 5.43 Å². The van der Waals surface area contributed by atoms with E-state index in [2.05, 4.69) is 10.5 Å². The predicted octanol–water partition coefficient (Wildman–Crippen LogP) is 2.85. The molecule has 118 valence electrons. The van der Waals surface area contributed by atoms with E-state index in [9.17, 15) is 9.59 Å². The molecule has 1 heterocycles. The molecule has 1 aromatic rings. The number of nitrogens with zero attached hydrogens (tertiary/aromatic N) is 2. The molecule has 0 unspecified atom stereocenters. The van der Waals surface area contributed by atoms with Crippen LogP contribution in [0.4, 0.5) is 0 Å². The Kier molecular flexibility index (Phi) is 6.21. The minimum atomic E-state index is -0.313. The van der Waals surface area contributed by atoms with Crippen molar-refractivity contribution < 1.29 is 9.59 Å². The smallest absolute Gasteiger partial charge is 0.259 e. The summed E-state index contributed by atoms with van der Waals surface area (Å²) >= 11 is 11.7. The van der Waals surface area contributed by atoms with Crippen LogP contribution < -0.4 is 5.43 Å². The van der Waals surface area contributed by atoms with Crippen LogP contribution in [0.15, 0.2) is 23.3 Å². The van der Waals surface area contributed by atoms with Crippen LogP contribution in [0.3, 0.4) is 0 Å². The van der Waals surface area contributed by atoms with Crippen molar-refractivity contribution in [2.45, 2.75) is 25.7 Å². The molecule has 1 aromatic carbocycles. The minimum Gasteiger partial charge on any atom is -0.333 e. The minimum absolute atomic E-state index is 0.0288. The molecule has 0 spiro atoms. The van der Waals surface area contributed by atoms with Gasteiger partial charge >= 0.3 is 0 Å². The summed E-state index contributed by atoms with van der Waals surface area (Å²) in [6.45, 7) is 0.667. The van der Waals surface area contributed by atoms with Crippen molar-refractivity contribution >= 4 is 41.2 Å². The Balaban J connectivity index is 1.85. The Bertz CT molecular complexity index is 590. The van der Waals surface area contributed by atoms with Crippen LogP contribution >= 0.6 is 23.2 Å². The molecule has 1 N–H and O–H groups in total. The van der Waals surface area contributed by atoms with E-state index in [0.29, 0.717) is 23.0 Å². The molecule has 1 aliphatic rings. The topological polar surface area (TPSA) is 61.8 Å². The summed E-state index contributed by atoms with van der Waals surface area (Å²) in [4.78, 5) is 25.2. The van der Waals surface area contributed by atoms with Crippen molar-refractivity contribution in [1.29, 1.82) is 0 Å². The van der Waals surface area contributed by atoms with Crippen LogP contribution in [-0.2, 0) is 9.59 Å². The number of likely N-dealkylation sites (tertiary alicyclic amines) is 1. The molecule has 2 amide bonds. The van der Waals surface area contributed by atoms with Gasteiger partial charge in [-0.2, -0.15) is 5.10 Å². The molecule has 2 rings (SSSR count). The van der Waals surface area contributed by atoms with Crippen molar-refractivity contribution in [2.75, 3.05) is 13.1 Å². The predicted molar refractivity (Wildman–Crippen MR) is 87.2 cm³/mol. The Morgan fingerprint density at radius 3 is 2.86 bits per heavy atom. The highest BCUT2D eigenvalue weighted by atomic mass is 35.5. The van der Waals surface area contributed by atoms with Gasteiger partial charge in [0, 0.05) is 13.0 Å². The third-order valence-corrected chi connectivity index (χ3v) is 4.09. The van der Waals surface area contributed by atoms with Crippen LogP contribution in [0.2, 0.25) is 10.0 Å². The van der Waals surface area contributed by atoms with Gasteiger partial charge in [0.1, 0.15) is 6.54 Å². The standard InChI is InChI=1S/C15H17Cl2N3O2/c16-12-6-5-11(8-13(12)17)9-18-19-14(21)10-20-7-3-1-2-4-15(20)22/h5-6,8-9H,1-4,7,10H2,(H,19,21)/b18-9-. The van der Waals surface area contributed by atoms with Gasteiger partial charge in [0.2, 0.25) is 5.91 Å². The second kappa shape index (κ2) is 8.15. The second-order valence-corrected chi connectivity index (χ2v) is 5.91. The third-order valence-electron chi connectivity index (χ3n) is 3.35. The molecule has 1 saturated heterocycles. The lowest BCUT2D eigenvalue weighted by Gasteiger charge is -2.18. The maximum atomic E-state index is 11.8. The van der Waals surface area contributed by atoms with Crippen molar-refractivity contribution in [3.63, 3.8) is 0 Å². The summed E-state index contributed by atoms with van der Waals surface area (Å²) in [6.07, 6.45) is 4.85. The molecule has 1 aliphatic heterocycles. The third kappa shape index (κ3) is 5.00. The second-order valence-electron chi connectivity index (χ2n) is 5.09. The number of hydrogen-bond acceptors (Lipinski definition) is 3. The van der Waals surface area contributed by atoms with Crippen molar-refractivity contribution in [3.05, 3.63) is 33.8 Å². The average Bonchev–Trinajstić information content (AvgIpc) is 2.68. The van der Waals surface area contributed by atoms with Crippen molar-refractivity contribution in [2.24, 2.45) is 5.10 Å². The maximum Gasteiger partial charge on any atom is 0.259 e. The van der Waals surface area contributed by atoms with Gasteiger partial charge in [0.15, 0.2) is 0 Å². The molecule has 0 aliphatic carbocycles. The van der Waals surface area contributed by atoms with E-state index in [1.165, 1.54) is 6.21 Å². The average molecular weight is 342 g/mol. The Hall–Kier alpha value is -1.59. The number of hydrazone groups is 1.